The van der Waals surface area contributed by atoms with Crippen molar-refractivity contribution in [3.8, 4) is 11.5 Å². The molecule has 5 nitrogen and oxygen atoms in total. The summed E-state index contributed by atoms with van der Waals surface area (Å²) < 4.78 is 33.2. The molecule has 1 aromatic carbocycles. The van der Waals surface area contributed by atoms with Crippen LogP contribution >= 0.6 is 0 Å². The van der Waals surface area contributed by atoms with Gasteiger partial charge in [0, 0.05) is 23.9 Å². The molecule has 6 heteroatoms. The Labute approximate surface area is 108 Å². The van der Waals surface area contributed by atoms with Crippen LogP contribution in [0.25, 0.3) is 0 Å². The van der Waals surface area contributed by atoms with Gasteiger partial charge in [0.1, 0.15) is 21.3 Å². The van der Waals surface area contributed by atoms with E-state index in [1.165, 1.54) is 6.26 Å². The highest BCUT2D eigenvalue weighted by molar-refractivity contribution is 7.90. The highest BCUT2D eigenvalue weighted by Crippen LogP contribution is 2.29. The van der Waals surface area contributed by atoms with Crippen LogP contribution in [0.15, 0.2) is 18.2 Å². The molecule has 1 atom stereocenters. The molecular formula is C12H19NO4S. The van der Waals surface area contributed by atoms with Crippen molar-refractivity contribution < 1.29 is 17.9 Å². The lowest BCUT2D eigenvalue weighted by atomic mass is 10.1. The van der Waals surface area contributed by atoms with E-state index in [9.17, 15) is 8.42 Å². The summed E-state index contributed by atoms with van der Waals surface area (Å²) in [6, 6.07) is 5.03. The summed E-state index contributed by atoms with van der Waals surface area (Å²) in [4.78, 5) is 0. The summed E-state index contributed by atoms with van der Waals surface area (Å²) in [7, 11) is 1.77. The molecule has 0 heterocycles. The van der Waals surface area contributed by atoms with Crippen LogP contribution in [0, 0.1) is 0 Å². The molecule has 1 aromatic rings. The topological polar surface area (TPSA) is 64.6 Å². The van der Waals surface area contributed by atoms with E-state index in [4.69, 9.17) is 9.47 Å². The Morgan fingerprint density at radius 1 is 1.28 bits per heavy atom. The number of sulfone groups is 1. The predicted octanol–water partition coefficient (Wildman–Crippen LogP) is 1.01. The molecule has 0 bridgehead atoms. The second-order valence-corrected chi connectivity index (χ2v) is 6.23. The fourth-order valence-corrected chi connectivity index (χ4v) is 2.69. The minimum absolute atomic E-state index is 0.0200. The fraction of sp³-hybridized carbons (Fsp3) is 0.500. The molecule has 1 N–H and O–H groups in total. The molecule has 0 spiro atoms. The van der Waals surface area contributed by atoms with Crippen LogP contribution in [0.1, 0.15) is 11.6 Å². The Kier molecular flexibility index (Phi) is 4.98. The van der Waals surface area contributed by atoms with E-state index in [2.05, 4.69) is 5.32 Å². The average Bonchev–Trinajstić information content (AvgIpc) is 2.34. The van der Waals surface area contributed by atoms with Crippen LogP contribution in [-0.2, 0) is 9.84 Å². The largest absolute Gasteiger partial charge is 0.497 e. The molecule has 102 valence electrons. The van der Waals surface area contributed by atoms with Gasteiger partial charge in [-0.3, -0.25) is 0 Å². The Bertz CT molecular complexity index is 499. The third-order valence-electron chi connectivity index (χ3n) is 2.63. The molecule has 0 fully saturated rings. The highest BCUT2D eigenvalue weighted by Gasteiger charge is 2.19. The molecule has 0 aliphatic carbocycles. The van der Waals surface area contributed by atoms with Gasteiger partial charge in [-0.15, -0.1) is 0 Å². The van der Waals surface area contributed by atoms with E-state index in [1.54, 1.807) is 33.4 Å². The zero-order valence-corrected chi connectivity index (χ0v) is 11.9. The highest BCUT2D eigenvalue weighted by atomic mass is 32.2. The van der Waals surface area contributed by atoms with Crippen LogP contribution in [-0.4, -0.2) is 41.7 Å². The van der Waals surface area contributed by atoms with Crippen molar-refractivity contribution in [1.29, 1.82) is 0 Å². The SMILES string of the molecule is CNC(CS(C)(=O)=O)c1ccc(OC)cc1OC. The molecule has 0 aromatic heterocycles. The number of ether oxygens (including phenoxy) is 2. The first kappa shape index (κ1) is 14.8. The second-order valence-electron chi connectivity index (χ2n) is 4.04. The Balaban J connectivity index is 3.12. The lowest BCUT2D eigenvalue weighted by molar-refractivity contribution is 0.387. The summed E-state index contributed by atoms with van der Waals surface area (Å²) in [6.07, 6.45) is 1.22. The molecule has 0 amide bonds. The van der Waals surface area contributed by atoms with Gasteiger partial charge < -0.3 is 14.8 Å². The van der Waals surface area contributed by atoms with Crippen LogP contribution < -0.4 is 14.8 Å². The van der Waals surface area contributed by atoms with Crippen LogP contribution in [0.3, 0.4) is 0 Å². The number of benzene rings is 1. The molecule has 0 saturated heterocycles. The quantitative estimate of drug-likeness (QED) is 0.838. The van der Waals surface area contributed by atoms with Gasteiger partial charge in [0.05, 0.1) is 20.0 Å². The van der Waals surface area contributed by atoms with Gasteiger partial charge in [0.2, 0.25) is 0 Å². The van der Waals surface area contributed by atoms with E-state index in [0.29, 0.717) is 11.5 Å². The lowest BCUT2D eigenvalue weighted by Gasteiger charge is -2.19. The second kappa shape index (κ2) is 6.06. The maximum atomic E-state index is 11.4. The summed E-state index contributed by atoms with van der Waals surface area (Å²) in [5.41, 5.74) is 0.797. The van der Waals surface area contributed by atoms with Gasteiger partial charge in [-0.05, 0) is 13.1 Å². The van der Waals surface area contributed by atoms with Crippen LogP contribution in [0.4, 0.5) is 0 Å². The normalized spacial score (nSPS) is 13.1. The molecule has 18 heavy (non-hydrogen) atoms. The van der Waals surface area contributed by atoms with Crippen molar-refractivity contribution in [2.75, 3.05) is 33.3 Å². The summed E-state index contributed by atoms with van der Waals surface area (Å²) in [5, 5.41) is 2.99. The van der Waals surface area contributed by atoms with E-state index in [0.717, 1.165) is 5.56 Å². The van der Waals surface area contributed by atoms with Crippen molar-refractivity contribution in [3.05, 3.63) is 23.8 Å². The zero-order valence-electron chi connectivity index (χ0n) is 11.1. The molecule has 1 unspecified atom stereocenters. The van der Waals surface area contributed by atoms with Crippen molar-refractivity contribution in [1.82, 2.24) is 5.32 Å². The predicted molar refractivity (Wildman–Crippen MR) is 71.1 cm³/mol. The summed E-state index contributed by atoms with van der Waals surface area (Å²) in [5.74, 6) is 1.30. The van der Waals surface area contributed by atoms with Crippen molar-refractivity contribution >= 4 is 9.84 Å². The smallest absolute Gasteiger partial charge is 0.149 e. The lowest BCUT2D eigenvalue weighted by Crippen LogP contribution is -2.25. The Hall–Kier alpha value is -1.27. The average molecular weight is 273 g/mol. The third-order valence-corrected chi connectivity index (χ3v) is 3.57. The van der Waals surface area contributed by atoms with Crippen molar-refractivity contribution in [2.24, 2.45) is 0 Å². The van der Waals surface area contributed by atoms with Crippen molar-refractivity contribution in [3.63, 3.8) is 0 Å². The maximum Gasteiger partial charge on any atom is 0.149 e. The van der Waals surface area contributed by atoms with Gasteiger partial charge in [-0.1, -0.05) is 6.07 Å². The Morgan fingerprint density at radius 2 is 1.94 bits per heavy atom. The van der Waals surface area contributed by atoms with E-state index < -0.39 is 9.84 Å². The van der Waals surface area contributed by atoms with E-state index >= 15 is 0 Å². The number of rotatable bonds is 6. The van der Waals surface area contributed by atoms with E-state index in [1.807, 2.05) is 6.07 Å². The van der Waals surface area contributed by atoms with Gasteiger partial charge in [-0.25, -0.2) is 8.42 Å². The number of methoxy groups -OCH3 is 2. The van der Waals surface area contributed by atoms with E-state index in [-0.39, 0.29) is 11.8 Å². The molecule has 0 aliphatic heterocycles. The first-order chi connectivity index (χ1) is 8.41. The standard InChI is InChI=1S/C12H19NO4S/c1-13-11(8-18(4,14)15)10-6-5-9(16-2)7-12(10)17-3/h5-7,11,13H,8H2,1-4H3. The van der Waals surface area contributed by atoms with Gasteiger partial charge in [-0.2, -0.15) is 0 Å². The first-order valence-corrected chi connectivity index (χ1v) is 7.54. The third kappa shape index (κ3) is 3.89. The van der Waals surface area contributed by atoms with Gasteiger partial charge >= 0.3 is 0 Å². The van der Waals surface area contributed by atoms with Crippen LogP contribution in [0.5, 0.6) is 11.5 Å². The Morgan fingerprint density at radius 3 is 2.39 bits per heavy atom. The minimum Gasteiger partial charge on any atom is -0.497 e. The van der Waals surface area contributed by atoms with Gasteiger partial charge in [0.25, 0.3) is 0 Å². The molecule has 1 rings (SSSR count). The monoisotopic (exact) mass is 273 g/mol. The fourth-order valence-electron chi connectivity index (χ4n) is 1.74. The molecular weight excluding hydrogens is 254 g/mol. The van der Waals surface area contributed by atoms with Crippen molar-refractivity contribution in [2.45, 2.75) is 6.04 Å². The number of hydrogen-bond acceptors (Lipinski definition) is 5. The molecule has 0 aliphatic rings. The summed E-state index contributed by atoms with van der Waals surface area (Å²) in [6.45, 7) is 0. The maximum absolute atomic E-state index is 11.4. The minimum atomic E-state index is -3.07. The zero-order chi connectivity index (χ0) is 13.8. The summed E-state index contributed by atoms with van der Waals surface area (Å²) >= 11 is 0. The van der Waals surface area contributed by atoms with Gasteiger partial charge in [0.15, 0.2) is 0 Å². The first-order valence-electron chi connectivity index (χ1n) is 5.48. The number of hydrogen-bond donors (Lipinski definition) is 1. The number of nitrogens with one attached hydrogen (secondary N) is 1. The van der Waals surface area contributed by atoms with Crippen LogP contribution in [0.2, 0.25) is 0 Å². The molecule has 0 saturated carbocycles. The molecule has 0 radical (unpaired) electrons.